The number of hydrogen-bond acceptors (Lipinski definition) is 5. The number of ether oxygens (including phenoxy) is 1. The molecular formula is C16H21N3O2. The molecule has 1 aromatic heterocycles. The first-order valence-electron chi connectivity index (χ1n) is 7.28. The Morgan fingerprint density at radius 2 is 2.19 bits per heavy atom. The van der Waals surface area contributed by atoms with Gasteiger partial charge in [0, 0.05) is 30.6 Å². The van der Waals surface area contributed by atoms with Gasteiger partial charge in [-0.15, -0.1) is 0 Å². The van der Waals surface area contributed by atoms with E-state index in [4.69, 9.17) is 10.5 Å². The minimum Gasteiger partial charge on any atom is -0.394 e. The predicted molar refractivity (Wildman–Crippen MR) is 82.9 cm³/mol. The molecule has 5 heteroatoms. The van der Waals surface area contributed by atoms with E-state index in [9.17, 15) is 5.11 Å². The van der Waals surface area contributed by atoms with E-state index < -0.39 is 0 Å². The highest BCUT2D eigenvalue weighted by atomic mass is 16.5. The lowest BCUT2D eigenvalue weighted by atomic mass is 10.1. The minimum atomic E-state index is -0.122. The van der Waals surface area contributed by atoms with Crippen LogP contribution in [-0.4, -0.2) is 46.9 Å². The molecule has 112 valence electrons. The third kappa shape index (κ3) is 3.15. The van der Waals surface area contributed by atoms with Crippen molar-refractivity contribution in [2.24, 2.45) is 0 Å². The van der Waals surface area contributed by atoms with Crippen LogP contribution in [0.3, 0.4) is 0 Å². The number of aliphatic hydroxyl groups excluding tert-OH is 1. The summed E-state index contributed by atoms with van der Waals surface area (Å²) in [6.45, 7) is 4.35. The smallest absolute Gasteiger partial charge is 0.128 e. The van der Waals surface area contributed by atoms with Gasteiger partial charge in [-0.1, -0.05) is 18.2 Å². The molecule has 1 fully saturated rings. The molecule has 0 radical (unpaired) electrons. The number of morpholine rings is 1. The lowest BCUT2D eigenvalue weighted by molar-refractivity contribution is -0.0972. The zero-order valence-corrected chi connectivity index (χ0v) is 12.2. The van der Waals surface area contributed by atoms with Crippen LogP contribution in [0.1, 0.15) is 12.5 Å². The average Bonchev–Trinajstić information content (AvgIpc) is 2.47. The number of fused-ring (bicyclic) bond motifs is 1. The highest BCUT2D eigenvalue weighted by Gasteiger charge is 2.25. The Hall–Kier alpha value is -1.69. The van der Waals surface area contributed by atoms with Crippen LogP contribution in [0.15, 0.2) is 30.3 Å². The van der Waals surface area contributed by atoms with Gasteiger partial charge in [-0.05, 0) is 19.1 Å². The Kier molecular flexibility index (Phi) is 4.05. The van der Waals surface area contributed by atoms with Crippen molar-refractivity contribution in [1.29, 1.82) is 0 Å². The SMILES string of the molecule is CC1CN(Cc2cc3ccccc3nc2N)CC(CO)O1. The van der Waals surface area contributed by atoms with Crippen molar-refractivity contribution in [3.05, 3.63) is 35.9 Å². The topological polar surface area (TPSA) is 71.6 Å². The molecule has 1 saturated heterocycles. The second-order valence-electron chi connectivity index (χ2n) is 5.67. The van der Waals surface area contributed by atoms with Crippen molar-refractivity contribution in [3.8, 4) is 0 Å². The molecule has 0 saturated carbocycles. The summed E-state index contributed by atoms with van der Waals surface area (Å²) in [7, 11) is 0. The second kappa shape index (κ2) is 5.97. The molecule has 1 aliphatic rings. The van der Waals surface area contributed by atoms with Crippen molar-refractivity contribution in [1.82, 2.24) is 9.88 Å². The van der Waals surface area contributed by atoms with Crippen LogP contribution >= 0.6 is 0 Å². The molecule has 2 heterocycles. The fourth-order valence-corrected chi connectivity index (χ4v) is 2.91. The number of benzene rings is 1. The predicted octanol–water partition coefficient (Wildman–Crippen LogP) is 1.40. The van der Waals surface area contributed by atoms with Crippen LogP contribution in [-0.2, 0) is 11.3 Å². The highest BCUT2D eigenvalue weighted by Crippen LogP contribution is 2.21. The number of nitrogen functional groups attached to an aromatic ring is 1. The summed E-state index contributed by atoms with van der Waals surface area (Å²) in [6, 6.07) is 10.1. The van der Waals surface area contributed by atoms with Crippen molar-refractivity contribution in [2.75, 3.05) is 25.4 Å². The summed E-state index contributed by atoms with van der Waals surface area (Å²) in [6.07, 6.45) is -0.00562. The van der Waals surface area contributed by atoms with E-state index in [0.717, 1.165) is 29.6 Å². The molecular weight excluding hydrogens is 266 g/mol. The number of nitrogens with zero attached hydrogens (tertiary/aromatic N) is 2. The van der Waals surface area contributed by atoms with Gasteiger partial charge >= 0.3 is 0 Å². The lowest BCUT2D eigenvalue weighted by Gasteiger charge is -2.36. The fourth-order valence-electron chi connectivity index (χ4n) is 2.91. The zero-order valence-electron chi connectivity index (χ0n) is 12.2. The van der Waals surface area contributed by atoms with Gasteiger partial charge in [0.2, 0.25) is 0 Å². The molecule has 0 spiro atoms. The molecule has 2 aromatic rings. The quantitative estimate of drug-likeness (QED) is 0.893. The van der Waals surface area contributed by atoms with Gasteiger partial charge in [0.05, 0.1) is 24.3 Å². The van der Waals surface area contributed by atoms with Crippen molar-refractivity contribution >= 4 is 16.7 Å². The van der Waals surface area contributed by atoms with Crippen LogP contribution in [0.5, 0.6) is 0 Å². The molecule has 3 N–H and O–H groups in total. The molecule has 0 aliphatic carbocycles. The monoisotopic (exact) mass is 287 g/mol. The summed E-state index contributed by atoms with van der Waals surface area (Å²) < 4.78 is 5.67. The number of pyridine rings is 1. The lowest BCUT2D eigenvalue weighted by Crippen LogP contribution is -2.47. The Balaban J connectivity index is 1.82. The van der Waals surface area contributed by atoms with E-state index in [1.807, 2.05) is 31.2 Å². The maximum Gasteiger partial charge on any atom is 0.128 e. The average molecular weight is 287 g/mol. The van der Waals surface area contributed by atoms with Crippen LogP contribution in [0.4, 0.5) is 5.82 Å². The van der Waals surface area contributed by atoms with Crippen LogP contribution in [0.2, 0.25) is 0 Å². The molecule has 0 amide bonds. The number of aliphatic hydroxyl groups is 1. The van der Waals surface area contributed by atoms with E-state index in [1.165, 1.54) is 0 Å². The number of anilines is 1. The van der Waals surface area contributed by atoms with E-state index in [1.54, 1.807) is 0 Å². The summed E-state index contributed by atoms with van der Waals surface area (Å²) in [5, 5.41) is 10.4. The van der Waals surface area contributed by atoms with Crippen LogP contribution < -0.4 is 5.73 Å². The summed E-state index contributed by atoms with van der Waals surface area (Å²) in [4.78, 5) is 6.73. The van der Waals surface area contributed by atoms with Crippen molar-refractivity contribution in [3.63, 3.8) is 0 Å². The Morgan fingerprint density at radius 3 is 3.00 bits per heavy atom. The Morgan fingerprint density at radius 1 is 1.38 bits per heavy atom. The van der Waals surface area contributed by atoms with Gasteiger partial charge in [-0.2, -0.15) is 0 Å². The fraction of sp³-hybridized carbons (Fsp3) is 0.438. The largest absolute Gasteiger partial charge is 0.394 e. The van der Waals surface area contributed by atoms with E-state index in [0.29, 0.717) is 12.4 Å². The Labute approximate surface area is 124 Å². The van der Waals surface area contributed by atoms with Crippen molar-refractivity contribution < 1.29 is 9.84 Å². The summed E-state index contributed by atoms with van der Waals surface area (Å²) in [5.74, 6) is 0.577. The van der Waals surface area contributed by atoms with Gasteiger partial charge in [0.15, 0.2) is 0 Å². The molecule has 1 aliphatic heterocycles. The van der Waals surface area contributed by atoms with E-state index >= 15 is 0 Å². The molecule has 1 aromatic carbocycles. The van der Waals surface area contributed by atoms with Crippen LogP contribution in [0.25, 0.3) is 10.9 Å². The standard InChI is InChI=1S/C16H21N3O2/c1-11-7-19(9-14(10-20)21-11)8-13-6-12-4-2-3-5-15(12)18-16(13)17/h2-6,11,14,20H,7-10H2,1H3,(H2,17,18). The second-order valence-corrected chi connectivity index (χ2v) is 5.67. The molecule has 0 bridgehead atoms. The van der Waals surface area contributed by atoms with Crippen molar-refractivity contribution in [2.45, 2.75) is 25.7 Å². The summed E-state index contributed by atoms with van der Waals surface area (Å²) in [5.41, 5.74) is 8.03. The first kappa shape index (κ1) is 14.3. The number of aromatic nitrogens is 1. The van der Waals surface area contributed by atoms with E-state index in [-0.39, 0.29) is 18.8 Å². The summed E-state index contributed by atoms with van der Waals surface area (Å²) >= 11 is 0. The number of rotatable bonds is 3. The molecule has 2 atom stereocenters. The van der Waals surface area contributed by atoms with Gasteiger partial charge in [0.1, 0.15) is 5.82 Å². The zero-order chi connectivity index (χ0) is 14.8. The van der Waals surface area contributed by atoms with E-state index in [2.05, 4.69) is 16.0 Å². The van der Waals surface area contributed by atoms with Crippen LogP contribution in [0, 0.1) is 0 Å². The van der Waals surface area contributed by atoms with Gasteiger partial charge in [-0.25, -0.2) is 4.98 Å². The molecule has 21 heavy (non-hydrogen) atoms. The molecule has 5 nitrogen and oxygen atoms in total. The number of nitrogens with two attached hydrogens (primary N) is 1. The highest BCUT2D eigenvalue weighted by molar-refractivity contribution is 5.81. The maximum absolute atomic E-state index is 9.30. The normalized spacial score (nSPS) is 23.5. The van der Waals surface area contributed by atoms with Gasteiger partial charge in [-0.3, -0.25) is 4.90 Å². The molecule has 3 rings (SSSR count). The first-order chi connectivity index (χ1) is 10.2. The first-order valence-corrected chi connectivity index (χ1v) is 7.28. The Bertz CT molecular complexity index is 632. The van der Waals surface area contributed by atoms with Gasteiger partial charge in [0.25, 0.3) is 0 Å². The number of hydrogen-bond donors (Lipinski definition) is 2. The molecule has 2 unspecified atom stereocenters. The van der Waals surface area contributed by atoms with Gasteiger partial charge < -0.3 is 15.6 Å². The minimum absolute atomic E-state index is 0.0479. The third-order valence-corrected chi connectivity index (χ3v) is 3.84. The number of para-hydroxylation sites is 1. The third-order valence-electron chi connectivity index (χ3n) is 3.84. The maximum atomic E-state index is 9.30.